The predicted octanol–water partition coefficient (Wildman–Crippen LogP) is 5.81. The van der Waals surface area contributed by atoms with E-state index >= 15 is 0 Å². The molecule has 2 aromatic carbocycles. The molecule has 0 aliphatic heterocycles. The van der Waals surface area contributed by atoms with Crippen molar-refractivity contribution in [3.8, 4) is 0 Å². The highest BCUT2D eigenvalue weighted by Crippen LogP contribution is 2.15. The first-order valence-corrected chi connectivity index (χ1v) is 7.67. The van der Waals surface area contributed by atoms with Crippen molar-refractivity contribution >= 4 is 17.8 Å². The van der Waals surface area contributed by atoms with Crippen LogP contribution in [0, 0.1) is 6.92 Å². The van der Waals surface area contributed by atoms with Gasteiger partial charge >= 0.3 is 0 Å². The summed E-state index contributed by atoms with van der Waals surface area (Å²) in [6.07, 6.45) is 8.95. The van der Waals surface area contributed by atoms with E-state index < -0.39 is 0 Å². The molecule has 0 radical (unpaired) electrons. The number of benzene rings is 2. The van der Waals surface area contributed by atoms with Gasteiger partial charge in [0.1, 0.15) is 0 Å². The zero-order valence-corrected chi connectivity index (χ0v) is 13.6. The third kappa shape index (κ3) is 5.84. The normalized spacial score (nSPS) is 11.2. The number of aryl methyl sites for hydroxylation is 1. The molecule has 2 N–H and O–H groups in total. The minimum Gasteiger partial charge on any atom is -0.399 e. The Balaban J connectivity index is 1.88. The van der Waals surface area contributed by atoms with Crippen LogP contribution in [0.25, 0.3) is 12.2 Å². The zero-order chi connectivity index (χ0) is 16.7. The van der Waals surface area contributed by atoms with E-state index in [2.05, 4.69) is 50.4 Å². The lowest BCUT2D eigenvalue weighted by molar-refractivity contribution is 1.24. The van der Waals surface area contributed by atoms with Crippen LogP contribution in [0.4, 0.5) is 5.69 Å². The summed E-state index contributed by atoms with van der Waals surface area (Å²) in [7, 11) is 0. The summed E-state index contributed by atoms with van der Waals surface area (Å²) in [5.41, 5.74) is 12.1. The number of allylic oxidation sites excluding steroid dienone is 4. The molecule has 23 heavy (non-hydrogen) atoms. The molecule has 2 rings (SSSR count). The lowest BCUT2D eigenvalue weighted by Crippen LogP contribution is -1.83. The second kappa shape index (κ2) is 8.00. The van der Waals surface area contributed by atoms with Gasteiger partial charge in [0.15, 0.2) is 0 Å². The lowest BCUT2D eigenvalue weighted by atomic mass is 10.0. The van der Waals surface area contributed by atoms with Crippen molar-refractivity contribution in [2.75, 3.05) is 5.73 Å². The topological polar surface area (TPSA) is 26.0 Å². The molecule has 2 aromatic rings. The van der Waals surface area contributed by atoms with Crippen LogP contribution in [0.15, 0.2) is 85.0 Å². The first kappa shape index (κ1) is 16.6. The van der Waals surface area contributed by atoms with Gasteiger partial charge in [-0.1, -0.05) is 90.6 Å². The Morgan fingerprint density at radius 3 is 1.74 bits per heavy atom. The van der Waals surface area contributed by atoms with Crippen LogP contribution in [0.3, 0.4) is 0 Å². The van der Waals surface area contributed by atoms with E-state index in [-0.39, 0.29) is 0 Å². The largest absolute Gasteiger partial charge is 0.399 e. The van der Waals surface area contributed by atoms with Gasteiger partial charge in [0.25, 0.3) is 0 Å². The number of rotatable bonds is 6. The number of nitrogen functional groups attached to an aromatic ring is 1. The fourth-order valence-corrected chi connectivity index (χ4v) is 2.12. The van der Waals surface area contributed by atoms with Gasteiger partial charge in [0, 0.05) is 5.69 Å². The maximum atomic E-state index is 5.68. The van der Waals surface area contributed by atoms with Crippen LogP contribution >= 0.6 is 0 Å². The van der Waals surface area contributed by atoms with Crippen molar-refractivity contribution in [3.63, 3.8) is 0 Å². The Morgan fingerprint density at radius 2 is 1.26 bits per heavy atom. The Hall–Kier alpha value is -2.80. The summed E-state index contributed by atoms with van der Waals surface area (Å²) in [6.45, 7) is 10.3. The SMILES string of the molecule is C=C(/C=C/c1ccc(C)cc1)CC(=C)/C=C/c1ccc(N)cc1. The molecular weight excluding hydrogens is 278 g/mol. The molecule has 0 fully saturated rings. The van der Waals surface area contributed by atoms with Crippen molar-refractivity contribution in [2.45, 2.75) is 13.3 Å². The molecule has 0 bridgehead atoms. The van der Waals surface area contributed by atoms with Crippen molar-refractivity contribution in [3.05, 3.63) is 102 Å². The highest BCUT2D eigenvalue weighted by molar-refractivity contribution is 5.57. The number of nitrogens with two attached hydrogens (primary N) is 1. The third-order valence-electron chi connectivity index (χ3n) is 3.49. The van der Waals surface area contributed by atoms with E-state index in [0.717, 1.165) is 28.8 Å². The molecule has 0 atom stereocenters. The monoisotopic (exact) mass is 301 g/mol. The Labute approximate surface area is 139 Å². The third-order valence-corrected chi connectivity index (χ3v) is 3.49. The Kier molecular flexibility index (Phi) is 5.76. The van der Waals surface area contributed by atoms with Gasteiger partial charge in [0.05, 0.1) is 0 Å². The first-order valence-electron chi connectivity index (χ1n) is 7.67. The van der Waals surface area contributed by atoms with Crippen LogP contribution < -0.4 is 5.73 Å². The smallest absolute Gasteiger partial charge is 0.0314 e. The lowest BCUT2D eigenvalue weighted by Gasteiger charge is -2.01. The Bertz CT molecular complexity index is 663. The van der Waals surface area contributed by atoms with Crippen LogP contribution in [0.1, 0.15) is 23.1 Å². The second-order valence-electron chi connectivity index (χ2n) is 5.74. The van der Waals surface area contributed by atoms with Gasteiger partial charge in [-0.3, -0.25) is 0 Å². The average Bonchev–Trinajstić information content (AvgIpc) is 2.54. The fourth-order valence-electron chi connectivity index (χ4n) is 2.12. The molecule has 0 heterocycles. The molecule has 1 heteroatoms. The van der Waals surface area contributed by atoms with Gasteiger partial charge < -0.3 is 5.73 Å². The van der Waals surface area contributed by atoms with Crippen LogP contribution in [-0.2, 0) is 0 Å². The standard InChI is InChI=1S/C22H23N/c1-17-4-8-20(9-5-17)10-6-18(2)16-19(3)7-11-21-12-14-22(23)15-13-21/h4-15H,2-3,16,23H2,1H3/b10-6+,11-7+. The molecule has 0 saturated heterocycles. The minimum atomic E-state index is 0.758. The Morgan fingerprint density at radius 1 is 0.826 bits per heavy atom. The van der Waals surface area contributed by atoms with E-state index in [0.29, 0.717) is 0 Å². The average molecular weight is 301 g/mol. The van der Waals surface area contributed by atoms with Gasteiger partial charge in [-0.25, -0.2) is 0 Å². The quantitative estimate of drug-likeness (QED) is 0.529. The van der Waals surface area contributed by atoms with Crippen LogP contribution in [0.5, 0.6) is 0 Å². The van der Waals surface area contributed by atoms with Gasteiger partial charge in [-0.2, -0.15) is 0 Å². The number of anilines is 1. The molecule has 116 valence electrons. The van der Waals surface area contributed by atoms with Crippen molar-refractivity contribution < 1.29 is 0 Å². The molecule has 0 aliphatic carbocycles. The van der Waals surface area contributed by atoms with E-state index in [1.54, 1.807) is 0 Å². The van der Waals surface area contributed by atoms with Crippen molar-refractivity contribution in [1.82, 2.24) is 0 Å². The molecule has 0 aromatic heterocycles. The van der Waals surface area contributed by atoms with E-state index in [9.17, 15) is 0 Å². The minimum absolute atomic E-state index is 0.758. The number of hydrogen-bond acceptors (Lipinski definition) is 1. The fraction of sp³-hybridized carbons (Fsp3) is 0.0909. The van der Waals surface area contributed by atoms with Gasteiger partial charge in [-0.15, -0.1) is 0 Å². The second-order valence-corrected chi connectivity index (χ2v) is 5.74. The molecule has 0 amide bonds. The molecule has 0 aliphatic rings. The maximum absolute atomic E-state index is 5.68. The first-order chi connectivity index (χ1) is 11.0. The van der Waals surface area contributed by atoms with Crippen molar-refractivity contribution in [2.24, 2.45) is 0 Å². The van der Waals surface area contributed by atoms with Gasteiger partial charge in [0.2, 0.25) is 0 Å². The maximum Gasteiger partial charge on any atom is 0.0314 e. The summed E-state index contributed by atoms with van der Waals surface area (Å²) < 4.78 is 0. The predicted molar refractivity (Wildman–Crippen MR) is 103 cm³/mol. The highest BCUT2D eigenvalue weighted by Gasteiger charge is 1.94. The summed E-state index contributed by atoms with van der Waals surface area (Å²) in [6, 6.07) is 16.2. The van der Waals surface area contributed by atoms with E-state index in [1.165, 1.54) is 11.1 Å². The van der Waals surface area contributed by atoms with Crippen LogP contribution in [-0.4, -0.2) is 0 Å². The molecule has 0 unspecified atom stereocenters. The zero-order valence-electron chi connectivity index (χ0n) is 13.6. The summed E-state index contributed by atoms with van der Waals surface area (Å²) >= 11 is 0. The summed E-state index contributed by atoms with van der Waals surface area (Å²) in [5.74, 6) is 0. The molecular formula is C22H23N. The molecule has 1 nitrogen and oxygen atoms in total. The van der Waals surface area contributed by atoms with E-state index in [1.807, 2.05) is 42.5 Å². The van der Waals surface area contributed by atoms with Crippen LogP contribution in [0.2, 0.25) is 0 Å². The van der Waals surface area contributed by atoms with Gasteiger partial charge in [-0.05, 0) is 36.6 Å². The summed E-state index contributed by atoms with van der Waals surface area (Å²) in [5, 5.41) is 0. The van der Waals surface area contributed by atoms with E-state index in [4.69, 9.17) is 5.73 Å². The summed E-state index contributed by atoms with van der Waals surface area (Å²) in [4.78, 5) is 0. The highest BCUT2D eigenvalue weighted by atomic mass is 14.5. The molecule has 0 spiro atoms. The molecule has 0 saturated carbocycles. The number of hydrogen-bond donors (Lipinski definition) is 1. The van der Waals surface area contributed by atoms with Crippen molar-refractivity contribution in [1.29, 1.82) is 0 Å².